The van der Waals surface area contributed by atoms with Crippen LogP contribution in [-0.2, 0) is 11.2 Å². The van der Waals surface area contributed by atoms with Gasteiger partial charge in [0.15, 0.2) is 5.76 Å². The van der Waals surface area contributed by atoms with E-state index in [-0.39, 0.29) is 43.3 Å². The molecule has 0 unspecified atom stereocenters. The van der Waals surface area contributed by atoms with Crippen molar-refractivity contribution < 1.29 is 27.3 Å². The molecule has 4 rings (SSSR count). The molecule has 4 heterocycles. The highest BCUT2D eigenvalue weighted by molar-refractivity contribution is 5.92. The third-order valence-electron chi connectivity index (χ3n) is 5.80. The van der Waals surface area contributed by atoms with Gasteiger partial charge in [-0.15, -0.1) is 0 Å². The minimum Gasteiger partial charge on any atom is -0.456 e. The molecule has 2 saturated heterocycles. The normalized spacial score (nSPS) is 22.2. The summed E-state index contributed by atoms with van der Waals surface area (Å²) < 4.78 is 43.6. The molecule has 0 aromatic carbocycles. The third-order valence-corrected chi connectivity index (χ3v) is 5.80. The lowest BCUT2D eigenvalue weighted by atomic mass is 10.1. The Hall–Kier alpha value is -2.26. The number of nitrogens with zero attached hydrogens (tertiary/aromatic N) is 3. The van der Waals surface area contributed by atoms with E-state index in [1.54, 1.807) is 21.9 Å². The summed E-state index contributed by atoms with van der Waals surface area (Å²) in [5.41, 5.74) is 1.74. The van der Waals surface area contributed by atoms with Crippen molar-refractivity contribution in [1.82, 2.24) is 15.0 Å². The maximum Gasteiger partial charge on any atom is 0.289 e. The van der Waals surface area contributed by atoms with E-state index in [0.717, 1.165) is 17.0 Å². The monoisotopic (exact) mass is 409 g/mol. The molecule has 0 radical (unpaired) electrons. The van der Waals surface area contributed by atoms with Crippen LogP contribution in [0.15, 0.2) is 21.1 Å². The lowest BCUT2D eigenvalue weighted by Crippen LogP contribution is -2.62. The van der Waals surface area contributed by atoms with Crippen LogP contribution in [0.1, 0.15) is 39.8 Å². The van der Waals surface area contributed by atoms with Crippen LogP contribution in [0.3, 0.4) is 0 Å². The molecule has 1 amide bonds. The topological polar surface area (TPSA) is 72.0 Å². The van der Waals surface area contributed by atoms with Gasteiger partial charge in [-0.05, 0) is 26.0 Å². The van der Waals surface area contributed by atoms with Crippen LogP contribution >= 0.6 is 0 Å². The lowest BCUT2D eigenvalue weighted by Gasteiger charge is -2.45. The van der Waals surface area contributed by atoms with Gasteiger partial charge >= 0.3 is 0 Å². The Labute approximate surface area is 167 Å². The van der Waals surface area contributed by atoms with E-state index < -0.39 is 5.92 Å². The zero-order chi connectivity index (χ0) is 20.8. The number of rotatable bonds is 6. The summed E-state index contributed by atoms with van der Waals surface area (Å²) in [5.74, 6) is -1.29. The summed E-state index contributed by atoms with van der Waals surface area (Å²) in [6, 6.07) is 3.03. The second-order valence-electron chi connectivity index (χ2n) is 7.95. The fourth-order valence-electron chi connectivity index (χ4n) is 4.20. The summed E-state index contributed by atoms with van der Waals surface area (Å²) in [6.07, 6.45) is 0.299. The summed E-state index contributed by atoms with van der Waals surface area (Å²) >= 11 is 0. The number of furan rings is 1. The first-order chi connectivity index (χ1) is 13.8. The van der Waals surface area contributed by atoms with Crippen LogP contribution in [0, 0.1) is 13.8 Å². The minimum atomic E-state index is -2.71. The maximum atomic E-state index is 13.8. The average molecular weight is 409 g/mol. The van der Waals surface area contributed by atoms with Crippen molar-refractivity contribution >= 4 is 5.91 Å². The molecule has 0 aliphatic carbocycles. The summed E-state index contributed by atoms with van der Waals surface area (Å²) in [5, 5.41) is 3.92. The highest BCUT2D eigenvalue weighted by Gasteiger charge is 2.50. The van der Waals surface area contributed by atoms with Crippen LogP contribution in [-0.4, -0.2) is 72.2 Å². The molecule has 2 aromatic heterocycles. The number of ether oxygens (including phenoxy) is 1. The Balaban J connectivity index is 1.36. The zero-order valence-corrected chi connectivity index (χ0v) is 16.8. The Morgan fingerprint density at radius 1 is 1.34 bits per heavy atom. The van der Waals surface area contributed by atoms with Crippen LogP contribution < -0.4 is 0 Å². The van der Waals surface area contributed by atoms with Crippen molar-refractivity contribution in [3.05, 3.63) is 40.7 Å². The highest BCUT2D eigenvalue weighted by atomic mass is 19.3. The van der Waals surface area contributed by atoms with Crippen LogP contribution in [0.25, 0.3) is 0 Å². The van der Waals surface area contributed by atoms with Crippen molar-refractivity contribution in [1.29, 1.82) is 0 Å². The summed E-state index contributed by atoms with van der Waals surface area (Å²) in [6.45, 7) is 4.51. The first kappa shape index (κ1) is 20.0. The molecule has 0 spiro atoms. The van der Waals surface area contributed by atoms with E-state index in [4.69, 9.17) is 13.7 Å². The van der Waals surface area contributed by atoms with Crippen LogP contribution in [0.4, 0.5) is 8.78 Å². The van der Waals surface area contributed by atoms with Gasteiger partial charge < -0.3 is 18.6 Å². The Morgan fingerprint density at radius 3 is 2.76 bits per heavy atom. The molecule has 1 atom stereocenters. The number of carbonyl (C=O) groups excluding carboxylic acids is 1. The minimum absolute atomic E-state index is 0.0794. The number of alkyl halides is 2. The second kappa shape index (κ2) is 7.53. The standard InChI is InChI=1S/C20H25F2N3O4/c1-12-17(13(2)29-23-12)6-16-4-5-18(28-16)19(26)24-8-15(9-24)25-11-20(21,22)7-14(25)10-27-3/h4-5,14-15H,6-11H2,1-3H3/t14-/m0/s1. The van der Waals surface area contributed by atoms with Gasteiger partial charge in [-0.2, -0.15) is 0 Å². The van der Waals surface area contributed by atoms with Gasteiger partial charge in [0.25, 0.3) is 11.8 Å². The molecule has 2 fully saturated rings. The second-order valence-corrected chi connectivity index (χ2v) is 7.95. The molecule has 0 bridgehead atoms. The molecular weight excluding hydrogens is 384 g/mol. The Bertz CT molecular complexity index is 869. The average Bonchev–Trinajstić information content (AvgIpc) is 3.28. The predicted molar refractivity (Wildman–Crippen MR) is 99.1 cm³/mol. The quantitative estimate of drug-likeness (QED) is 0.731. The zero-order valence-electron chi connectivity index (χ0n) is 16.8. The predicted octanol–water partition coefficient (Wildman–Crippen LogP) is 2.66. The van der Waals surface area contributed by atoms with E-state index in [1.165, 1.54) is 7.11 Å². The maximum absolute atomic E-state index is 13.8. The molecule has 7 nitrogen and oxygen atoms in total. The molecule has 2 aliphatic heterocycles. The van der Waals surface area contributed by atoms with Crippen molar-refractivity contribution in [3.8, 4) is 0 Å². The van der Waals surface area contributed by atoms with Crippen molar-refractivity contribution in [3.63, 3.8) is 0 Å². The highest BCUT2D eigenvalue weighted by Crippen LogP contribution is 2.35. The number of aryl methyl sites for hydroxylation is 2. The van der Waals surface area contributed by atoms with Gasteiger partial charge in [-0.1, -0.05) is 5.16 Å². The first-order valence-corrected chi connectivity index (χ1v) is 9.69. The summed E-state index contributed by atoms with van der Waals surface area (Å²) in [4.78, 5) is 16.1. The van der Waals surface area contributed by atoms with E-state index in [9.17, 15) is 13.6 Å². The van der Waals surface area contributed by atoms with E-state index in [0.29, 0.717) is 25.3 Å². The van der Waals surface area contributed by atoms with Crippen molar-refractivity contribution in [2.75, 3.05) is 33.4 Å². The molecule has 2 aliphatic rings. The van der Waals surface area contributed by atoms with E-state index in [2.05, 4.69) is 5.16 Å². The Morgan fingerprint density at radius 2 is 2.10 bits per heavy atom. The van der Waals surface area contributed by atoms with Crippen molar-refractivity contribution in [2.45, 2.75) is 44.7 Å². The number of hydrogen-bond acceptors (Lipinski definition) is 6. The van der Waals surface area contributed by atoms with Gasteiger partial charge in [0.05, 0.1) is 18.8 Å². The largest absolute Gasteiger partial charge is 0.456 e. The molecule has 9 heteroatoms. The lowest BCUT2D eigenvalue weighted by molar-refractivity contribution is -0.0144. The fourth-order valence-corrected chi connectivity index (χ4v) is 4.20. The SMILES string of the molecule is COC[C@@H]1CC(F)(F)CN1C1CN(C(=O)c2ccc(Cc3c(C)noc3C)o2)C1. The molecule has 158 valence electrons. The van der Waals surface area contributed by atoms with Gasteiger partial charge in [-0.3, -0.25) is 9.69 Å². The number of aromatic nitrogens is 1. The number of methoxy groups -OCH3 is 1. The van der Waals surface area contributed by atoms with Gasteiger partial charge in [0.2, 0.25) is 0 Å². The number of halogens is 2. The molecule has 0 saturated carbocycles. The van der Waals surface area contributed by atoms with Gasteiger partial charge in [0, 0.05) is 50.7 Å². The van der Waals surface area contributed by atoms with Crippen molar-refractivity contribution in [2.24, 2.45) is 0 Å². The number of amides is 1. The van der Waals surface area contributed by atoms with E-state index >= 15 is 0 Å². The van der Waals surface area contributed by atoms with Crippen LogP contribution in [0.2, 0.25) is 0 Å². The third kappa shape index (κ3) is 3.93. The fraction of sp³-hybridized carbons (Fsp3) is 0.600. The van der Waals surface area contributed by atoms with Crippen LogP contribution in [0.5, 0.6) is 0 Å². The van der Waals surface area contributed by atoms with Gasteiger partial charge in [-0.25, -0.2) is 8.78 Å². The molecule has 0 N–H and O–H groups in total. The Kier molecular flexibility index (Phi) is 5.20. The van der Waals surface area contributed by atoms with Gasteiger partial charge in [0.1, 0.15) is 11.5 Å². The summed E-state index contributed by atoms with van der Waals surface area (Å²) in [7, 11) is 1.52. The number of hydrogen-bond donors (Lipinski definition) is 0. The van der Waals surface area contributed by atoms with E-state index in [1.807, 2.05) is 13.8 Å². The first-order valence-electron chi connectivity index (χ1n) is 9.69. The smallest absolute Gasteiger partial charge is 0.289 e. The number of carbonyl (C=O) groups is 1. The number of likely N-dealkylation sites (tertiary alicyclic amines) is 2. The molecule has 29 heavy (non-hydrogen) atoms. The molecule has 2 aromatic rings. The molecular formula is C20H25F2N3O4.